The van der Waals surface area contributed by atoms with Crippen molar-refractivity contribution in [2.24, 2.45) is 0 Å². The molecule has 3 unspecified atom stereocenters. The van der Waals surface area contributed by atoms with Gasteiger partial charge in [0.05, 0.1) is 12.2 Å². The first-order chi connectivity index (χ1) is 11.1. The Labute approximate surface area is 137 Å². The lowest BCUT2D eigenvalue weighted by molar-refractivity contribution is -0.153. The molecule has 3 atom stereocenters. The van der Waals surface area contributed by atoms with Gasteiger partial charge < -0.3 is 20.1 Å². The van der Waals surface area contributed by atoms with Crippen molar-refractivity contribution in [3.05, 3.63) is 43.0 Å². The Hall–Kier alpha value is -1.69. The Balaban J connectivity index is 1.87. The molecule has 126 valence electrons. The molecule has 1 aliphatic heterocycles. The van der Waals surface area contributed by atoms with Crippen molar-refractivity contribution < 1.29 is 14.6 Å². The molecule has 1 aromatic rings. The number of hydrogen-bond donors (Lipinski definition) is 2. The highest BCUT2D eigenvalue weighted by atomic mass is 16.5. The molecule has 1 amide bonds. The highest BCUT2D eigenvalue weighted by molar-refractivity contribution is 5.94. The van der Waals surface area contributed by atoms with Gasteiger partial charge in [0.1, 0.15) is 0 Å². The summed E-state index contributed by atoms with van der Waals surface area (Å²) in [6, 6.07) is 9.22. The number of rotatable bonds is 7. The molecule has 1 saturated heterocycles. The fourth-order valence-electron chi connectivity index (χ4n) is 2.73. The Bertz CT molecular complexity index is 506. The normalized spacial score (nSPS) is 24.4. The molecule has 5 heteroatoms. The van der Waals surface area contributed by atoms with Gasteiger partial charge in [0.25, 0.3) is 5.91 Å². The highest BCUT2D eigenvalue weighted by Gasteiger charge is 2.35. The number of nitrogens with zero attached hydrogens (tertiary/aromatic N) is 1. The van der Waals surface area contributed by atoms with Gasteiger partial charge in [0.15, 0.2) is 6.10 Å². The van der Waals surface area contributed by atoms with Crippen molar-refractivity contribution in [2.45, 2.75) is 37.6 Å². The van der Waals surface area contributed by atoms with Crippen LogP contribution in [-0.2, 0) is 9.53 Å². The topological polar surface area (TPSA) is 61.8 Å². The minimum atomic E-state index is -0.807. The van der Waals surface area contributed by atoms with Crippen LogP contribution in [0.1, 0.15) is 19.3 Å². The number of carbonyl (C=O) groups is 1. The van der Waals surface area contributed by atoms with Gasteiger partial charge in [0.2, 0.25) is 0 Å². The fourth-order valence-corrected chi connectivity index (χ4v) is 2.73. The summed E-state index contributed by atoms with van der Waals surface area (Å²) in [6.45, 7) is 5.42. The maximum Gasteiger partial charge on any atom is 0.256 e. The van der Waals surface area contributed by atoms with E-state index in [9.17, 15) is 9.90 Å². The van der Waals surface area contributed by atoms with Crippen LogP contribution in [0.5, 0.6) is 0 Å². The van der Waals surface area contributed by atoms with Crippen molar-refractivity contribution in [3.8, 4) is 0 Å². The van der Waals surface area contributed by atoms with Crippen molar-refractivity contribution in [1.82, 2.24) is 4.90 Å². The third-order valence-corrected chi connectivity index (χ3v) is 4.05. The summed E-state index contributed by atoms with van der Waals surface area (Å²) in [5.41, 5.74) is 0.709. The first-order valence-electron chi connectivity index (χ1n) is 8.09. The lowest BCUT2D eigenvalue weighted by Crippen LogP contribution is -2.47. The number of carbonyl (C=O) groups excluding carboxylic acids is 1. The van der Waals surface area contributed by atoms with Gasteiger partial charge in [-0.25, -0.2) is 0 Å². The highest BCUT2D eigenvalue weighted by Crippen LogP contribution is 2.23. The average Bonchev–Trinajstić information content (AvgIpc) is 2.55. The van der Waals surface area contributed by atoms with E-state index in [0.29, 0.717) is 12.1 Å². The summed E-state index contributed by atoms with van der Waals surface area (Å²) in [6.07, 6.45) is 2.51. The molecular formula is C18H26N2O3. The first-order valence-corrected chi connectivity index (χ1v) is 8.09. The second kappa shape index (κ2) is 8.82. The lowest BCUT2D eigenvalue weighted by Gasteiger charge is -2.33. The molecule has 0 aromatic heterocycles. The van der Waals surface area contributed by atoms with Gasteiger partial charge >= 0.3 is 0 Å². The molecule has 0 spiro atoms. The van der Waals surface area contributed by atoms with E-state index >= 15 is 0 Å². The molecule has 23 heavy (non-hydrogen) atoms. The van der Waals surface area contributed by atoms with Gasteiger partial charge in [-0.1, -0.05) is 24.3 Å². The quantitative estimate of drug-likeness (QED) is 0.755. The summed E-state index contributed by atoms with van der Waals surface area (Å²) >= 11 is 0. The molecule has 1 fully saturated rings. The van der Waals surface area contributed by atoms with E-state index in [-0.39, 0.29) is 12.0 Å². The van der Waals surface area contributed by atoms with Crippen LogP contribution < -0.4 is 5.32 Å². The average molecular weight is 318 g/mol. The number of aliphatic hydroxyl groups is 1. The zero-order valence-electron chi connectivity index (χ0n) is 13.6. The summed E-state index contributed by atoms with van der Waals surface area (Å²) < 4.78 is 5.85. The SMILES string of the molecule is C=CCN(C)CCC1CCC(O)C(C(=O)Nc2ccccc2)O1. The number of likely N-dealkylation sites (N-methyl/N-ethyl adjacent to an activating group) is 1. The molecule has 0 radical (unpaired) electrons. The summed E-state index contributed by atoms with van der Waals surface area (Å²) in [5, 5.41) is 12.9. The van der Waals surface area contributed by atoms with E-state index in [1.54, 1.807) is 0 Å². The summed E-state index contributed by atoms with van der Waals surface area (Å²) in [4.78, 5) is 14.5. The maximum absolute atomic E-state index is 12.3. The van der Waals surface area contributed by atoms with Crippen LogP contribution in [0.3, 0.4) is 0 Å². The van der Waals surface area contributed by atoms with Gasteiger partial charge in [-0.3, -0.25) is 4.79 Å². The molecule has 1 aromatic carbocycles. The van der Waals surface area contributed by atoms with Gasteiger partial charge in [0, 0.05) is 18.8 Å². The molecule has 1 heterocycles. The van der Waals surface area contributed by atoms with Crippen LogP contribution in [0.2, 0.25) is 0 Å². The Kier molecular flexibility index (Phi) is 6.77. The number of ether oxygens (including phenoxy) is 1. The maximum atomic E-state index is 12.3. The molecule has 0 saturated carbocycles. The number of hydrogen-bond acceptors (Lipinski definition) is 4. The van der Waals surface area contributed by atoms with E-state index in [1.165, 1.54) is 0 Å². The molecule has 0 bridgehead atoms. The van der Waals surface area contributed by atoms with Crippen LogP contribution >= 0.6 is 0 Å². The smallest absolute Gasteiger partial charge is 0.256 e. The zero-order chi connectivity index (χ0) is 16.7. The van der Waals surface area contributed by atoms with E-state index in [0.717, 1.165) is 25.9 Å². The van der Waals surface area contributed by atoms with Crippen LogP contribution in [0.25, 0.3) is 0 Å². The van der Waals surface area contributed by atoms with Crippen LogP contribution in [-0.4, -0.2) is 54.4 Å². The molecule has 2 N–H and O–H groups in total. The van der Waals surface area contributed by atoms with E-state index in [2.05, 4.69) is 16.8 Å². The van der Waals surface area contributed by atoms with E-state index in [4.69, 9.17) is 4.74 Å². The number of aliphatic hydroxyl groups excluding tert-OH is 1. The molecule has 5 nitrogen and oxygen atoms in total. The van der Waals surface area contributed by atoms with E-state index in [1.807, 2.05) is 43.5 Å². The molecule has 0 aliphatic carbocycles. The predicted molar refractivity (Wildman–Crippen MR) is 91.3 cm³/mol. The standard InChI is InChI=1S/C18H26N2O3/c1-3-12-20(2)13-11-15-9-10-16(21)17(23-15)18(22)19-14-7-5-4-6-8-14/h3-8,15-17,21H,1,9-13H2,2H3,(H,19,22). The Morgan fingerprint density at radius 2 is 2.17 bits per heavy atom. The largest absolute Gasteiger partial charge is 0.390 e. The van der Waals surface area contributed by atoms with Gasteiger partial charge in [-0.05, 0) is 38.4 Å². The third-order valence-electron chi connectivity index (χ3n) is 4.05. The van der Waals surface area contributed by atoms with Crippen LogP contribution in [0, 0.1) is 0 Å². The number of nitrogens with one attached hydrogen (secondary N) is 1. The zero-order valence-corrected chi connectivity index (χ0v) is 13.6. The van der Waals surface area contributed by atoms with Gasteiger partial charge in [-0.15, -0.1) is 6.58 Å². The minimum Gasteiger partial charge on any atom is -0.390 e. The second-order valence-corrected chi connectivity index (χ2v) is 6.02. The molecule has 1 aliphatic rings. The number of para-hydroxylation sites is 1. The lowest BCUT2D eigenvalue weighted by atomic mass is 9.98. The number of amides is 1. The Morgan fingerprint density at radius 1 is 1.43 bits per heavy atom. The van der Waals surface area contributed by atoms with Crippen LogP contribution in [0.15, 0.2) is 43.0 Å². The first kappa shape index (κ1) is 17.7. The fraction of sp³-hybridized carbons (Fsp3) is 0.500. The number of anilines is 1. The summed E-state index contributed by atoms with van der Waals surface area (Å²) in [5.74, 6) is -0.284. The van der Waals surface area contributed by atoms with Crippen molar-refractivity contribution in [2.75, 3.05) is 25.5 Å². The second-order valence-electron chi connectivity index (χ2n) is 6.02. The predicted octanol–water partition coefficient (Wildman–Crippen LogP) is 2.04. The molecule has 2 rings (SSSR count). The number of benzene rings is 1. The minimum absolute atomic E-state index is 0.00260. The Morgan fingerprint density at radius 3 is 2.87 bits per heavy atom. The van der Waals surface area contributed by atoms with E-state index < -0.39 is 12.2 Å². The monoisotopic (exact) mass is 318 g/mol. The van der Waals surface area contributed by atoms with Crippen molar-refractivity contribution in [3.63, 3.8) is 0 Å². The van der Waals surface area contributed by atoms with Crippen molar-refractivity contribution >= 4 is 11.6 Å². The van der Waals surface area contributed by atoms with Crippen LogP contribution in [0.4, 0.5) is 5.69 Å². The molecular weight excluding hydrogens is 292 g/mol. The third kappa shape index (κ3) is 5.46. The van der Waals surface area contributed by atoms with Crippen molar-refractivity contribution in [1.29, 1.82) is 0 Å². The summed E-state index contributed by atoms with van der Waals surface area (Å²) in [7, 11) is 2.03. The van der Waals surface area contributed by atoms with Gasteiger partial charge in [-0.2, -0.15) is 0 Å².